The van der Waals surface area contributed by atoms with Crippen molar-refractivity contribution in [3.05, 3.63) is 0 Å². The van der Waals surface area contributed by atoms with Gasteiger partial charge in [0.05, 0.1) is 12.2 Å². The second-order valence-corrected chi connectivity index (χ2v) is 5.29. The molecule has 0 aromatic heterocycles. The molecule has 5 nitrogen and oxygen atoms in total. The molecule has 94 valence electrons. The van der Waals surface area contributed by atoms with E-state index in [1.807, 2.05) is 0 Å². The molecule has 0 bridgehead atoms. The lowest BCUT2D eigenvalue weighted by atomic mass is 9.91. The SMILES string of the molecule is CC(C)(C)OC(=O)NC1CC[C@H](O)C(O)C1. The number of aliphatic hydroxyl groups excluding tert-OH is 2. The number of hydrogen-bond acceptors (Lipinski definition) is 4. The molecule has 3 N–H and O–H groups in total. The summed E-state index contributed by atoms with van der Waals surface area (Å²) in [7, 11) is 0. The van der Waals surface area contributed by atoms with Crippen molar-refractivity contribution in [3.63, 3.8) is 0 Å². The van der Waals surface area contributed by atoms with E-state index in [1.165, 1.54) is 0 Å². The van der Waals surface area contributed by atoms with Crippen LogP contribution in [0, 0.1) is 0 Å². The number of nitrogens with one attached hydrogen (secondary N) is 1. The number of rotatable bonds is 1. The van der Waals surface area contributed by atoms with Crippen molar-refractivity contribution in [1.82, 2.24) is 5.32 Å². The van der Waals surface area contributed by atoms with E-state index in [1.54, 1.807) is 20.8 Å². The number of hydrogen-bond donors (Lipinski definition) is 3. The van der Waals surface area contributed by atoms with Crippen molar-refractivity contribution in [1.29, 1.82) is 0 Å². The molecule has 16 heavy (non-hydrogen) atoms. The van der Waals surface area contributed by atoms with Crippen molar-refractivity contribution < 1.29 is 19.7 Å². The highest BCUT2D eigenvalue weighted by molar-refractivity contribution is 5.68. The van der Waals surface area contributed by atoms with E-state index in [0.29, 0.717) is 19.3 Å². The van der Waals surface area contributed by atoms with Crippen molar-refractivity contribution in [2.24, 2.45) is 0 Å². The predicted molar refractivity (Wildman–Crippen MR) is 59.0 cm³/mol. The summed E-state index contributed by atoms with van der Waals surface area (Å²) in [5, 5.41) is 21.5. The maximum Gasteiger partial charge on any atom is 0.407 e. The van der Waals surface area contributed by atoms with Gasteiger partial charge in [0.2, 0.25) is 0 Å². The molecule has 3 atom stereocenters. The molecule has 1 fully saturated rings. The molecule has 2 unspecified atom stereocenters. The molecule has 0 saturated heterocycles. The molecule has 1 saturated carbocycles. The molecule has 0 aromatic rings. The predicted octanol–water partition coefficient (Wildman–Crippen LogP) is 0.785. The van der Waals surface area contributed by atoms with Gasteiger partial charge in [0, 0.05) is 6.04 Å². The quantitative estimate of drug-likeness (QED) is 0.623. The maximum absolute atomic E-state index is 11.4. The van der Waals surface area contributed by atoms with Crippen LogP contribution in [0.3, 0.4) is 0 Å². The minimum atomic E-state index is -0.756. The molecule has 0 aliphatic heterocycles. The summed E-state index contributed by atoms with van der Waals surface area (Å²) in [5.41, 5.74) is -0.517. The Morgan fingerprint density at radius 3 is 2.38 bits per heavy atom. The molecule has 1 aliphatic carbocycles. The van der Waals surface area contributed by atoms with Gasteiger partial charge in [0.15, 0.2) is 0 Å². The highest BCUT2D eigenvalue weighted by atomic mass is 16.6. The third kappa shape index (κ3) is 4.37. The molecular formula is C11H21NO4. The summed E-state index contributed by atoms with van der Waals surface area (Å²) >= 11 is 0. The molecular weight excluding hydrogens is 210 g/mol. The zero-order valence-corrected chi connectivity index (χ0v) is 10.1. The Bertz CT molecular complexity index is 249. The van der Waals surface area contributed by atoms with E-state index in [2.05, 4.69) is 5.32 Å². The smallest absolute Gasteiger partial charge is 0.407 e. The Morgan fingerprint density at radius 1 is 1.25 bits per heavy atom. The van der Waals surface area contributed by atoms with Crippen molar-refractivity contribution >= 4 is 6.09 Å². The van der Waals surface area contributed by atoms with E-state index in [4.69, 9.17) is 4.74 Å². The van der Waals surface area contributed by atoms with Gasteiger partial charge in [-0.25, -0.2) is 4.79 Å². The summed E-state index contributed by atoms with van der Waals surface area (Å²) in [6, 6.07) is -0.117. The van der Waals surface area contributed by atoms with Crippen LogP contribution < -0.4 is 5.32 Å². The van der Waals surface area contributed by atoms with Crippen LogP contribution in [-0.4, -0.2) is 40.2 Å². The van der Waals surface area contributed by atoms with Gasteiger partial charge in [-0.1, -0.05) is 0 Å². The topological polar surface area (TPSA) is 78.8 Å². The third-order valence-corrected chi connectivity index (χ3v) is 2.50. The first-order valence-corrected chi connectivity index (χ1v) is 5.63. The van der Waals surface area contributed by atoms with Gasteiger partial charge in [-0.3, -0.25) is 0 Å². The van der Waals surface area contributed by atoms with Crippen LogP contribution in [0.5, 0.6) is 0 Å². The molecule has 0 heterocycles. The van der Waals surface area contributed by atoms with Gasteiger partial charge >= 0.3 is 6.09 Å². The fourth-order valence-electron chi connectivity index (χ4n) is 1.74. The normalized spacial score (nSPS) is 30.9. The van der Waals surface area contributed by atoms with E-state index in [-0.39, 0.29) is 6.04 Å². The zero-order valence-electron chi connectivity index (χ0n) is 10.1. The lowest BCUT2D eigenvalue weighted by Crippen LogP contribution is -2.46. The largest absolute Gasteiger partial charge is 0.444 e. The fourth-order valence-corrected chi connectivity index (χ4v) is 1.74. The number of alkyl carbamates (subject to hydrolysis) is 1. The second kappa shape index (κ2) is 5.01. The van der Waals surface area contributed by atoms with Crippen LogP contribution in [-0.2, 0) is 4.74 Å². The van der Waals surface area contributed by atoms with Crippen molar-refractivity contribution in [3.8, 4) is 0 Å². The van der Waals surface area contributed by atoms with E-state index < -0.39 is 23.9 Å². The summed E-state index contributed by atoms with van der Waals surface area (Å²) in [6.07, 6.45) is -0.356. The minimum absolute atomic E-state index is 0.117. The molecule has 1 amide bonds. The summed E-state index contributed by atoms with van der Waals surface area (Å²) in [6.45, 7) is 5.39. The van der Waals surface area contributed by atoms with Gasteiger partial charge in [0.1, 0.15) is 5.60 Å². The lowest BCUT2D eigenvalue weighted by Gasteiger charge is -2.31. The summed E-state index contributed by atoms with van der Waals surface area (Å²) < 4.78 is 5.11. The molecule has 5 heteroatoms. The van der Waals surface area contributed by atoms with Gasteiger partial charge in [-0.2, -0.15) is 0 Å². The Morgan fingerprint density at radius 2 is 1.88 bits per heavy atom. The van der Waals surface area contributed by atoms with Crippen molar-refractivity contribution in [2.75, 3.05) is 0 Å². The van der Waals surface area contributed by atoms with E-state index in [9.17, 15) is 15.0 Å². The summed E-state index contributed by atoms with van der Waals surface area (Å²) in [5.74, 6) is 0. The minimum Gasteiger partial charge on any atom is -0.444 e. The van der Waals surface area contributed by atoms with Crippen LogP contribution >= 0.6 is 0 Å². The van der Waals surface area contributed by atoms with Gasteiger partial charge in [-0.05, 0) is 40.0 Å². The van der Waals surface area contributed by atoms with Crippen LogP contribution in [0.15, 0.2) is 0 Å². The Balaban J connectivity index is 2.35. The van der Waals surface area contributed by atoms with E-state index in [0.717, 1.165) is 0 Å². The first-order valence-electron chi connectivity index (χ1n) is 5.63. The number of aliphatic hydroxyl groups is 2. The van der Waals surface area contributed by atoms with Gasteiger partial charge in [0.25, 0.3) is 0 Å². The molecule has 0 aromatic carbocycles. The fraction of sp³-hybridized carbons (Fsp3) is 0.909. The lowest BCUT2D eigenvalue weighted by molar-refractivity contribution is -0.0200. The monoisotopic (exact) mass is 231 g/mol. The highest BCUT2D eigenvalue weighted by Crippen LogP contribution is 2.19. The van der Waals surface area contributed by atoms with Crippen LogP contribution in [0.4, 0.5) is 4.79 Å². The van der Waals surface area contributed by atoms with Gasteiger partial charge in [-0.15, -0.1) is 0 Å². The Labute approximate surface area is 95.8 Å². The number of ether oxygens (including phenoxy) is 1. The zero-order chi connectivity index (χ0) is 12.3. The van der Waals surface area contributed by atoms with Crippen molar-refractivity contribution in [2.45, 2.75) is 63.9 Å². The first-order chi connectivity index (χ1) is 7.28. The first kappa shape index (κ1) is 13.3. The molecule has 1 rings (SSSR count). The number of amides is 1. The summed E-state index contributed by atoms with van der Waals surface area (Å²) in [4.78, 5) is 11.4. The van der Waals surface area contributed by atoms with Crippen LogP contribution in [0.25, 0.3) is 0 Å². The van der Waals surface area contributed by atoms with Crippen LogP contribution in [0.2, 0.25) is 0 Å². The molecule has 0 radical (unpaired) electrons. The molecule has 0 spiro atoms. The average Bonchev–Trinajstić information content (AvgIpc) is 2.08. The highest BCUT2D eigenvalue weighted by Gasteiger charge is 2.29. The molecule has 1 aliphatic rings. The average molecular weight is 231 g/mol. The Kier molecular flexibility index (Phi) is 4.15. The van der Waals surface area contributed by atoms with Gasteiger partial charge < -0.3 is 20.3 Å². The number of carbonyl (C=O) groups excluding carboxylic acids is 1. The van der Waals surface area contributed by atoms with E-state index >= 15 is 0 Å². The van der Waals surface area contributed by atoms with Crippen LogP contribution in [0.1, 0.15) is 40.0 Å². The standard InChI is InChI=1S/C11H21NO4/c1-11(2,3)16-10(15)12-7-4-5-8(13)9(14)6-7/h7-9,13-14H,4-6H2,1-3H3,(H,12,15)/t7?,8-,9?/m0/s1. The Hall–Kier alpha value is -0.810. The number of carbonyl (C=O) groups is 1. The third-order valence-electron chi connectivity index (χ3n) is 2.50. The maximum atomic E-state index is 11.4. The second-order valence-electron chi connectivity index (χ2n) is 5.29.